The van der Waals surface area contributed by atoms with Crippen LogP contribution >= 0.6 is 0 Å². The van der Waals surface area contributed by atoms with Crippen molar-refractivity contribution in [3.63, 3.8) is 0 Å². The van der Waals surface area contributed by atoms with E-state index >= 15 is 0 Å². The number of fused-ring (bicyclic) bond motifs is 1. The molecule has 0 N–H and O–H groups in total. The Morgan fingerprint density at radius 3 is 2.21 bits per heavy atom. The first-order chi connectivity index (χ1) is 6.58. The third kappa shape index (κ3) is 1.26. The van der Waals surface area contributed by atoms with Crippen LogP contribution in [0.4, 0.5) is 13.2 Å². The van der Waals surface area contributed by atoms with Gasteiger partial charge in [-0.3, -0.25) is 0 Å². The molecule has 0 saturated carbocycles. The summed E-state index contributed by atoms with van der Waals surface area (Å²) in [5.41, 5.74) is -1.39. The zero-order chi connectivity index (χ0) is 10.3. The highest BCUT2D eigenvalue weighted by Gasteiger charge is 2.08. The molecule has 0 amide bonds. The molecule has 0 atom stereocenters. The quantitative estimate of drug-likeness (QED) is 0.610. The molecule has 14 heavy (non-hydrogen) atoms. The van der Waals surface area contributed by atoms with Crippen LogP contribution in [0.1, 0.15) is 0 Å². The average molecular weight is 200 g/mol. The summed E-state index contributed by atoms with van der Waals surface area (Å²) in [7, 11) is 0. The summed E-state index contributed by atoms with van der Waals surface area (Å²) in [6, 6.07) is 2.26. The maximum Gasteiger partial charge on any atom is 0.372 e. The van der Waals surface area contributed by atoms with Crippen molar-refractivity contribution in [2.45, 2.75) is 0 Å². The SMILES string of the molecule is O=c1oc2cc(F)c(F)cc2cc1F. The predicted octanol–water partition coefficient (Wildman–Crippen LogP) is 2.21. The fourth-order valence-electron chi connectivity index (χ4n) is 1.09. The Kier molecular flexibility index (Phi) is 1.80. The maximum atomic E-state index is 12.7. The third-order valence-electron chi connectivity index (χ3n) is 1.73. The smallest absolute Gasteiger partial charge is 0.372 e. The summed E-state index contributed by atoms with van der Waals surface area (Å²) in [5, 5.41) is 0.000926. The number of rotatable bonds is 0. The second kappa shape index (κ2) is 2.87. The maximum absolute atomic E-state index is 12.7. The lowest BCUT2D eigenvalue weighted by molar-refractivity contribution is 0.476. The average Bonchev–Trinajstić information content (AvgIpc) is 2.11. The number of benzene rings is 1. The Bertz CT molecular complexity index is 560. The van der Waals surface area contributed by atoms with E-state index in [-0.39, 0.29) is 11.0 Å². The van der Waals surface area contributed by atoms with Gasteiger partial charge in [-0.1, -0.05) is 0 Å². The van der Waals surface area contributed by atoms with E-state index in [9.17, 15) is 18.0 Å². The van der Waals surface area contributed by atoms with Gasteiger partial charge in [-0.05, 0) is 12.1 Å². The summed E-state index contributed by atoms with van der Waals surface area (Å²) in [6.45, 7) is 0. The minimum atomic E-state index is -1.21. The molecule has 2 nitrogen and oxygen atoms in total. The molecule has 0 fully saturated rings. The molecule has 2 aromatic rings. The van der Waals surface area contributed by atoms with Crippen molar-refractivity contribution < 1.29 is 17.6 Å². The van der Waals surface area contributed by atoms with Crippen LogP contribution in [0.2, 0.25) is 0 Å². The van der Waals surface area contributed by atoms with Crippen molar-refractivity contribution in [3.05, 3.63) is 46.1 Å². The van der Waals surface area contributed by atoms with Crippen LogP contribution in [0.25, 0.3) is 11.0 Å². The van der Waals surface area contributed by atoms with E-state index in [2.05, 4.69) is 4.42 Å². The lowest BCUT2D eigenvalue weighted by Crippen LogP contribution is -2.03. The minimum Gasteiger partial charge on any atom is -0.420 e. The van der Waals surface area contributed by atoms with Crippen LogP contribution in [0, 0.1) is 17.5 Å². The molecule has 5 heteroatoms. The van der Waals surface area contributed by atoms with E-state index in [0.717, 1.165) is 12.1 Å². The van der Waals surface area contributed by atoms with Crippen molar-refractivity contribution in [2.24, 2.45) is 0 Å². The Balaban J connectivity index is 2.90. The molecule has 72 valence electrons. The molecule has 0 saturated heterocycles. The number of halogens is 3. The molecule has 0 aliphatic heterocycles. The first-order valence-electron chi connectivity index (χ1n) is 3.66. The van der Waals surface area contributed by atoms with E-state index in [4.69, 9.17) is 0 Å². The van der Waals surface area contributed by atoms with Gasteiger partial charge >= 0.3 is 5.63 Å². The first kappa shape index (κ1) is 8.80. The van der Waals surface area contributed by atoms with E-state index in [1.54, 1.807) is 0 Å². The van der Waals surface area contributed by atoms with Crippen LogP contribution in [-0.4, -0.2) is 0 Å². The predicted molar refractivity (Wildman–Crippen MR) is 42.4 cm³/mol. The van der Waals surface area contributed by atoms with Gasteiger partial charge in [0.1, 0.15) is 5.58 Å². The minimum absolute atomic E-state index is 0.000926. The standard InChI is InChI=1S/C9H3F3O2/c10-5-1-4-2-7(12)9(13)14-8(4)3-6(5)11/h1-3H. The molecule has 0 bridgehead atoms. The Labute approximate surface area is 75.6 Å². The molecule has 1 aromatic heterocycles. The Morgan fingerprint density at radius 1 is 0.929 bits per heavy atom. The summed E-state index contributed by atoms with van der Waals surface area (Å²) < 4.78 is 42.4. The molecule has 0 aliphatic carbocycles. The van der Waals surface area contributed by atoms with Gasteiger partial charge in [0, 0.05) is 11.5 Å². The van der Waals surface area contributed by atoms with Crippen LogP contribution in [0.15, 0.2) is 27.4 Å². The van der Waals surface area contributed by atoms with Crippen LogP contribution in [-0.2, 0) is 0 Å². The fraction of sp³-hybridized carbons (Fsp3) is 0. The fourth-order valence-corrected chi connectivity index (χ4v) is 1.09. The molecular formula is C9H3F3O2. The van der Waals surface area contributed by atoms with E-state index in [1.807, 2.05) is 0 Å². The van der Waals surface area contributed by atoms with Crippen molar-refractivity contribution >= 4 is 11.0 Å². The van der Waals surface area contributed by atoms with Gasteiger partial charge in [0.25, 0.3) is 0 Å². The number of hydrogen-bond donors (Lipinski definition) is 0. The lowest BCUT2D eigenvalue weighted by Gasteiger charge is -1.97. The van der Waals surface area contributed by atoms with Gasteiger partial charge in [0.15, 0.2) is 11.6 Å². The Hall–Kier alpha value is -1.78. The molecule has 1 heterocycles. The molecule has 0 unspecified atom stereocenters. The largest absolute Gasteiger partial charge is 0.420 e. The van der Waals surface area contributed by atoms with Crippen molar-refractivity contribution in [1.29, 1.82) is 0 Å². The van der Waals surface area contributed by atoms with E-state index < -0.39 is 23.1 Å². The highest BCUT2D eigenvalue weighted by atomic mass is 19.2. The van der Waals surface area contributed by atoms with Crippen LogP contribution in [0.5, 0.6) is 0 Å². The zero-order valence-corrected chi connectivity index (χ0v) is 6.68. The molecule has 0 spiro atoms. The van der Waals surface area contributed by atoms with Crippen molar-refractivity contribution in [1.82, 2.24) is 0 Å². The monoisotopic (exact) mass is 200 g/mol. The highest BCUT2D eigenvalue weighted by molar-refractivity contribution is 5.76. The molecule has 0 aliphatic rings. The molecular weight excluding hydrogens is 197 g/mol. The van der Waals surface area contributed by atoms with E-state index in [0.29, 0.717) is 6.07 Å². The second-order valence-electron chi connectivity index (χ2n) is 2.69. The topological polar surface area (TPSA) is 30.2 Å². The summed E-state index contributed by atoms with van der Waals surface area (Å²) in [4.78, 5) is 10.7. The first-order valence-corrected chi connectivity index (χ1v) is 3.66. The molecule has 2 rings (SSSR count). The molecule has 0 radical (unpaired) electrons. The van der Waals surface area contributed by atoms with Crippen LogP contribution in [0.3, 0.4) is 0 Å². The van der Waals surface area contributed by atoms with Gasteiger partial charge in [0.2, 0.25) is 5.82 Å². The van der Waals surface area contributed by atoms with Gasteiger partial charge in [-0.25, -0.2) is 13.6 Å². The summed E-state index contributed by atoms with van der Waals surface area (Å²) >= 11 is 0. The van der Waals surface area contributed by atoms with E-state index in [1.165, 1.54) is 0 Å². The van der Waals surface area contributed by atoms with Crippen molar-refractivity contribution in [3.8, 4) is 0 Å². The Morgan fingerprint density at radius 2 is 1.50 bits per heavy atom. The lowest BCUT2D eigenvalue weighted by atomic mass is 10.2. The van der Waals surface area contributed by atoms with Gasteiger partial charge in [-0.15, -0.1) is 0 Å². The van der Waals surface area contributed by atoms with Crippen LogP contribution < -0.4 is 5.63 Å². The molecule has 1 aromatic carbocycles. The zero-order valence-electron chi connectivity index (χ0n) is 6.68. The van der Waals surface area contributed by atoms with Gasteiger partial charge in [0.05, 0.1) is 0 Å². The highest BCUT2D eigenvalue weighted by Crippen LogP contribution is 2.17. The van der Waals surface area contributed by atoms with Crippen molar-refractivity contribution in [2.75, 3.05) is 0 Å². The summed E-state index contributed by atoms with van der Waals surface area (Å²) in [5.74, 6) is -3.40. The van der Waals surface area contributed by atoms with Gasteiger partial charge < -0.3 is 4.42 Å². The van der Waals surface area contributed by atoms with Gasteiger partial charge in [-0.2, -0.15) is 4.39 Å². The normalized spacial score (nSPS) is 10.8. The second-order valence-corrected chi connectivity index (χ2v) is 2.69. The summed E-state index contributed by atoms with van der Waals surface area (Å²) in [6.07, 6.45) is 0. The third-order valence-corrected chi connectivity index (χ3v) is 1.73. The number of hydrogen-bond acceptors (Lipinski definition) is 2.